The molecular weight excluding hydrogens is 735 g/mol. The highest BCUT2D eigenvalue weighted by molar-refractivity contribution is 14.1. The minimum atomic E-state index is -0.380. The van der Waals surface area contributed by atoms with Gasteiger partial charge in [-0.25, -0.2) is 0 Å². The molecule has 0 saturated heterocycles. The first-order valence-corrected chi connectivity index (χ1v) is 18.2. The average molecular weight is 771 g/mol. The molecule has 0 bridgehead atoms. The van der Waals surface area contributed by atoms with Crippen molar-refractivity contribution >= 4 is 83.3 Å². The molecule has 0 amide bonds. The molecule has 246 valence electrons. The molecule has 7 aromatic carbocycles. The number of hydrogen-bond donors (Lipinski definition) is 3. The molecule has 1 unspecified atom stereocenters. The number of hydrogen-bond acceptors (Lipinski definition) is 4. The number of halogens is 1. The van der Waals surface area contributed by atoms with E-state index in [0.717, 1.165) is 39.2 Å². The number of allylic oxidation sites excluding steroid dienone is 4. The monoisotopic (exact) mass is 770 g/mol. The van der Waals surface area contributed by atoms with Gasteiger partial charge in [0.1, 0.15) is 6.17 Å². The maximum absolute atomic E-state index is 7.97. The Morgan fingerprint density at radius 2 is 1.27 bits per heavy atom. The lowest BCUT2D eigenvalue weighted by Gasteiger charge is -2.25. The molecule has 1 aliphatic heterocycles. The lowest BCUT2D eigenvalue weighted by atomic mass is 9.87. The normalized spacial score (nSPS) is 15.4. The highest BCUT2D eigenvalue weighted by Gasteiger charge is 2.21. The summed E-state index contributed by atoms with van der Waals surface area (Å²) < 4.78 is 1.97. The van der Waals surface area contributed by atoms with E-state index in [0.29, 0.717) is 0 Å². The zero-order valence-electron chi connectivity index (χ0n) is 28.1. The van der Waals surface area contributed by atoms with Gasteiger partial charge in [0.05, 0.1) is 5.71 Å². The van der Waals surface area contributed by atoms with Crippen LogP contribution in [0.2, 0.25) is 0 Å². The van der Waals surface area contributed by atoms with Gasteiger partial charge in [-0.2, -0.15) is 0 Å². The second-order valence-corrected chi connectivity index (χ2v) is 13.2. The van der Waals surface area contributed by atoms with Crippen LogP contribution in [0, 0.1) is 5.41 Å². The molecule has 0 spiro atoms. The summed E-state index contributed by atoms with van der Waals surface area (Å²) in [6, 6.07) is 46.3. The molecular formula is C46H35IN4. The fourth-order valence-electron chi connectivity index (χ4n) is 7.33. The molecule has 51 heavy (non-hydrogen) atoms. The SMILES string of the molecule is C/C=C(\C=N)C1N=C(C(/C=C\N)=C/I)C=C(c2cccc(-c3ccc(-c4cc5c6ccccc6c6ccccc6c5c5ccccc45)cc3)c2)N1. The van der Waals surface area contributed by atoms with E-state index < -0.39 is 0 Å². The standard InChI is InChI=1S/C46H35IN4/c1-2-29(28-49)46-50-43(26-44(51-46)34(27-47)22-23-48)33-11-9-10-32(24-33)30-18-20-31(21-19-30)41-25-42-37-14-4-3-12-35(37)36-13-5-7-16-39(36)45(42)40-17-8-6-15-38(40)41/h2-28,46,49-50H,48H2,1H3/b23-22-,29-2+,34-27+,49-28?. The fraction of sp³-hybridized carbons (Fsp3) is 0.0435. The zero-order valence-corrected chi connectivity index (χ0v) is 30.2. The van der Waals surface area contributed by atoms with Gasteiger partial charge in [0.15, 0.2) is 0 Å². The van der Waals surface area contributed by atoms with Gasteiger partial charge in [-0.05, 0) is 112 Å². The van der Waals surface area contributed by atoms with Crippen LogP contribution in [0.4, 0.5) is 0 Å². The Kier molecular flexibility index (Phi) is 8.80. The van der Waals surface area contributed by atoms with Crippen molar-refractivity contribution in [1.82, 2.24) is 5.32 Å². The van der Waals surface area contributed by atoms with Crippen LogP contribution >= 0.6 is 22.6 Å². The van der Waals surface area contributed by atoms with E-state index in [4.69, 9.17) is 16.1 Å². The molecule has 0 radical (unpaired) electrons. The molecule has 4 nitrogen and oxygen atoms in total. The van der Waals surface area contributed by atoms with Crippen molar-refractivity contribution < 1.29 is 0 Å². The van der Waals surface area contributed by atoms with Crippen LogP contribution < -0.4 is 11.1 Å². The molecule has 1 heterocycles. The van der Waals surface area contributed by atoms with Gasteiger partial charge in [0.2, 0.25) is 0 Å². The molecule has 0 aromatic heterocycles. The Bertz CT molecular complexity index is 2660. The number of nitrogens with two attached hydrogens (primary N) is 1. The van der Waals surface area contributed by atoms with Crippen molar-refractivity contribution in [2.24, 2.45) is 10.7 Å². The summed E-state index contributed by atoms with van der Waals surface area (Å²) in [5.74, 6) is 0. The van der Waals surface area contributed by atoms with Gasteiger partial charge in [-0.1, -0.05) is 144 Å². The van der Waals surface area contributed by atoms with E-state index in [-0.39, 0.29) is 6.17 Å². The minimum Gasteiger partial charge on any atom is -0.405 e. The van der Waals surface area contributed by atoms with Crippen molar-refractivity contribution in [3.8, 4) is 22.3 Å². The topological polar surface area (TPSA) is 74.3 Å². The third-order valence-corrected chi connectivity index (χ3v) is 10.5. The summed E-state index contributed by atoms with van der Waals surface area (Å²) in [6.07, 6.45) is 8.33. The predicted molar refractivity (Wildman–Crippen MR) is 228 cm³/mol. The zero-order chi connectivity index (χ0) is 34.9. The van der Waals surface area contributed by atoms with Crippen molar-refractivity contribution in [3.05, 3.63) is 173 Å². The van der Waals surface area contributed by atoms with E-state index in [2.05, 4.69) is 161 Å². The summed E-state index contributed by atoms with van der Waals surface area (Å²) in [4.78, 5) is 4.91. The number of benzene rings is 7. The summed E-state index contributed by atoms with van der Waals surface area (Å²) >= 11 is 2.22. The van der Waals surface area contributed by atoms with Gasteiger partial charge in [-0.15, -0.1) is 0 Å². The van der Waals surface area contributed by atoms with Crippen LogP contribution in [-0.2, 0) is 0 Å². The first kappa shape index (κ1) is 32.4. The van der Waals surface area contributed by atoms with Crippen LogP contribution in [0.1, 0.15) is 12.5 Å². The fourth-order valence-corrected chi connectivity index (χ4v) is 7.86. The van der Waals surface area contributed by atoms with Crippen LogP contribution in [0.5, 0.6) is 0 Å². The van der Waals surface area contributed by atoms with Crippen molar-refractivity contribution in [2.45, 2.75) is 13.1 Å². The Balaban J connectivity index is 1.21. The van der Waals surface area contributed by atoms with Gasteiger partial charge >= 0.3 is 0 Å². The van der Waals surface area contributed by atoms with E-state index >= 15 is 0 Å². The Hall–Kier alpha value is -5.79. The van der Waals surface area contributed by atoms with Crippen LogP contribution in [0.25, 0.3) is 71.0 Å². The predicted octanol–water partition coefficient (Wildman–Crippen LogP) is 11.7. The lowest BCUT2D eigenvalue weighted by Crippen LogP contribution is -2.33. The number of rotatable bonds is 7. The van der Waals surface area contributed by atoms with Crippen LogP contribution in [0.3, 0.4) is 0 Å². The first-order chi connectivity index (χ1) is 25.1. The third kappa shape index (κ3) is 5.83. The maximum atomic E-state index is 7.97. The smallest absolute Gasteiger partial charge is 0.146 e. The Morgan fingerprint density at radius 3 is 1.92 bits per heavy atom. The number of nitrogens with zero attached hydrogens (tertiary/aromatic N) is 1. The molecule has 1 aliphatic rings. The molecule has 4 N–H and O–H groups in total. The lowest BCUT2D eigenvalue weighted by molar-refractivity contribution is 0.728. The highest BCUT2D eigenvalue weighted by atomic mass is 127. The summed E-state index contributed by atoms with van der Waals surface area (Å²) in [6.45, 7) is 1.93. The Morgan fingerprint density at radius 1 is 0.686 bits per heavy atom. The Labute approximate surface area is 311 Å². The summed E-state index contributed by atoms with van der Waals surface area (Å²) in [7, 11) is 0. The summed E-state index contributed by atoms with van der Waals surface area (Å²) in [5, 5.41) is 21.7. The van der Waals surface area contributed by atoms with Gasteiger partial charge in [-0.3, -0.25) is 4.99 Å². The van der Waals surface area contributed by atoms with E-state index in [9.17, 15) is 0 Å². The first-order valence-electron chi connectivity index (χ1n) is 17.0. The molecule has 0 fully saturated rings. The van der Waals surface area contributed by atoms with E-state index in [1.165, 1.54) is 66.6 Å². The van der Waals surface area contributed by atoms with Crippen molar-refractivity contribution in [1.29, 1.82) is 5.41 Å². The molecule has 1 atom stereocenters. The molecule has 8 rings (SSSR count). The minimum absolute atomic E-state index is 0.380. The summed E-state index contributed by atoms with van der Waals surface area (Å²) in [5.41, 5.74) is 14.9. The molecule has 0 saturated carbocycles. The average Bonchev–Trinajstić information content (AvgIpc) is 3.20. The van der Waals surface area contributed by atoms with E-state index in [1.54, 1.807) is 0 Å². The molecule has 5 heteroatoms. The quantitative estimate of drug-likeness (QED) is 0.0653. The second kappa shape index (κ2) is 13.8. The number of nitrogens with one attached hydrogen (secondary N) is 2. The van der Waals surface area contributed by atoms with Gasteiger partial charge in [0, 0.05) is 23.1 Å². The second-order valence-electron chi connectivity index (χ2n) is 12.6. The number of aliphatic imine (C=N–C) groups is 1. The highest BCUT2D eigenvalue weighted by Crippen LogP contribution is 2.43. The van der Waals surface area contributed by atoms with Gasteiger partial charge < -0.3 is 16.5 Å². The molecule has 7 aromatic rings. The number of fused-ring (bicyclic) bond motifs is 8. The van der Waals surface area contributed by atoms with Crippen LogP contribution in [-0.4, -0.2) is 18.1 Å². The third-order valence-electron chi connectivity index (χ3n) is 9.80. The maximum Gasteiger partial charge on any atom is 0.146 e. The van der Waals surface area contributed by atoms with E-state index in [1.807, 2.05) is 23.2 Å². The molecule has 0 aliphatic carbocycles. The van der Waals surface area contributed by atoms with Crippen molar-refractivity contribution in [2.75, 3.05) is 0 Å². The van der Waals surface area contributed by atoms with Crippen LogP contribution in [0.15, 0.2) is 172 Å². The largest absolute Gasteiger partial charge is 0.405 e. The van der Waals surface area contributed by atoms with Crippen molar-refractivity contribution in [3.63, 3.8) is 0 Å². The van der Waals surface area contributed by atoms with Gasteiger partial charge in [0.25, 0.3) is 0 Å².